The molecule has 0 unspecified atom stereocenters. The van der Waals surface area contributed by atoms with Gasteiger partial charge < -0.3 is 19.1 Å². The summed E-state index contributed by atoms with van der Waals surface area (Å²) in [5.74, 6) is -0.492. The van der Waals surface area contributed by atoms with Crippen molar-refractivity contribution >= 4 is 17.8 Å². The Bertz CT molecular complexity index is 666. The van der Waals surface area contributed by atoms with Gasteiger partial charge in [-0.3, -0.25) is 14.4 Å². The lowest BCUT2D eigenvalue weighted by atomic mass is 10.2. The van der Waals surface area contributed by atoms with Gasteiger partial charge in [-0.15, -0.1) is 6.58 Å². The van der Waals surface area contributed by atoms with Crippen molar-refractivity contribution in [3.8, 4) is 0 Å². The molecule has 0 saturated heterocycles. The maximum Gasteiger partial charge on any atom is 0.306 e. The maximum atomic E-state index is 12.9. The van der Waals surface area contributed by atoms with Gasteiger partial charge >= 0.3 is 5.97 Å². The Morgan fingerprint density at radius 1 is 1.21 bits per heavy atom. The van der Waals surface area contributed by atoms with Gasteiger partial charge in [-0.05, 0) is 25.0 Å². The molecule has 0 aromatic carbocycles. The number of amides is 2. The van der Waals surface area contributed by atoms with Crippen LogP contribution in [0.4, 0.5) is 0 Å². The van der Waals surface area contributed by atoms with Gasteiger partial charge in [0.25, 0.3) is 0 Å². The number of ether oxygens (including phenoxy) is 1. The summed E-state index contributed by atoms with van der Waals surface area (Å²) in [5.41, 5.74) is 1.03. The molecule has 0 aliphatic carbocycles. The van der Waals surface area contributed by atoms with Crippen LogP contribution < -0.4 is 0 Å². The van der Waals surface area contributed by atoms with E-state index >= 15 is 0 Å². The molecular weight excluding hydrogens is 358 g/mol. The minimum Gasteiger partial charge on any atom is -0.466 e. The first-order chi connectivity index (χ1) is 13.3. The van der Waals surface area contributed by atoms with Crippen LogP contribution in [0, 0.1) is 5.92 Å². The number of aryl methyl sites for hydroxylation is 1. The molecule has 1 aromatic rings. The van der Waals surface area contributed by atoms with Gasteiger partial charge in [0, 0.05) is 38.4 Å². The van der Waals surface area contributed by atoms with Gasteiger partial charge in [0.15, 0.2) is 0 Å². The van der Waals surface area contributed by atoms with Crippen molar-refractivity contribution in [2.75, 3.05) is 26.2 Å². The molecule has 0 atom stereocenters. The monoisotopic (exact) mass is 391 g/mol. The molecule has 0 fully saturated rings. The quantitative estimate of drug-likeness (QED) is 0.405. The summed E-state index contributed by atoms with van der Waals surface area (Å²) in [4.78, 5) is 40.1. The van der Waals surface area contributed by atoms with Crippen molar-refractivity contribution in [3.63, 3.8) is 0 Å². The molecule has 1 rings (SSSR count). The van der Waals surface area contributed by atoms with Crippen molar-refractivity contribution in [1.29, 1.82) is 0 Å². The van der Waals surface area contributed by atoms with Crippen LogP contribution in [0.25, 0.3) is 0 Å². The van der Waals surface area contributed by atoms with E-state index in [2.05, 4.69) is 20.4 Å². The van der Waals surface area contributed by atoms with Crippen molar-refractivity contribution in [2.24, 2.45) is 13.0 Å². The lowest BCUT2D eigenvalue weighted by molar-refractivity contribution is -0.146. The molecule has 2 amide bonds. The molecule has 1 aromatic heterocycles. The van der Waals surface area contributed by atoms with E-state index in [9.17, 15) is 14.4 Å². The Balaban J connectivity index is 2.78. The fourth-order valence-corrected chi connectivity index (χ4v) is 2.83. The fraction of sp³-hybridized carbons (Fsp3) is 0.571. The van der Waals surface area contributed by atoms with E-state index in [4.69, 9.17) is 4.74 Å². The Morgan fingerprint density at radius 3 is 2.46 bits per heavy atom. The number of carbonyl (C=O) groups is 3. The molecule has 0 radical (unpaired) electrons. The predicted molar refractivity (Wildman–Crippen MR) is 108 cm³/mol. The second kappa shape index (κ2) is 12.0. The standard InChI is InChI=1S/C21H33N3O4/c1-6-12-23(19(25)10-11-21(27)28-7-2)16-20(26)24(14-17(3)4)15-18-9-8-13-22(18)5/h6,8-9,13,17H,1,7,10-12,14-16H2,2-5H3. The normalized spacial score (nSPS) is 10.6. The largest absolute Gasteiger partial charge is 0.466 e. The maximum absolute atomic E-state index is 12.9. The molecular formula is C21H33N3O4. The van der Waals surface area contributed by atoms with Crippen LogP contribution in [-0.4, -0.2) is 58.4 Å². The van der Waals surface area contributed by atoms with E-state index in [1.165, 1.54) is 4.90 Å². The molecule has 0 spiro atoms. The zero-order valence-electron chi connectivity index (χ0n) is 17.5. The number of aromatic nitrogens is 1. The molecule has 0 N–H and O–H groups in total. The third-order valence-corrected chi connectivity index (χ3v) is 4.22. The topological polar surface area (TPSA) is 71.9 Å². The molecule has 0 aliphatic heterocycles. The molecule has 28 heavy (non-hydrogen) atoms. The summed E-state index contributed by atoms with van der Waals surface area (Å²) in [6.45, 7) is 11.1. The number of hydrogen-bond acceptors (Lipinski definition) is 4. The van der Waals surface area contributed by atoms with Gasteiger partial charge in [-0.1, -0.05) is 19.9 Å². The Morgan fingerprint density at radius 2 is 1.93 bits per heavy atom. The van der Waals surface area contributed by atoms with Gasteiger partial charge in [0.1, 0.15) is 6.54 Å². The van der Waals surface area contributed by atoms with E-state index in [0.717, 1.165) is 5.69 Å². The number of carbonyl (C=O) groups excluding carboxylic acids is 3. The number of nitrogens with zero attached hydrogens (tertiary/aromatic N) is 3. The first kappa shape index (κ1) is 23.5. The second-order valence-corrected chi connectivity index (χ2v) is 7.15. The molecule has 156 valence electrons. The number of hydrogen-bond donors (Lipinski definition) is 0. The first-order valence-corrected chi connectivity index (χ1v) is 9.70. The van der Waals surface area contributed by atoms with Crippen LogP contribution in [0.3, 0.4) is 0 Å². The Hall–Kier alpha value is -2.57. The number of esters is 1. The average molecular weight is 392 g/mol. The Labute approximate surface area is 167 Å². The summed E-state index contributed by atoms with van der Waals surface area (Å²) < 4.78 is 6.84. The zero-order chi connectivity index (χ0) is 21.1. The summed E-state index contributed by atoms with van der Waals surface area (Å²) in [5, 5.41) is 0. The van der Waals surface area contributed by atoms with E-state index in [1.54, 1.807) is 17.9 Å². The van der Waals surface area contributed by atoms with Gasteiger partial charge in [0.05, 0.1) is 19.6 Å². The second-order valence-electron chi connectivity index (χ2n) is 7.15. The van der Waals surface area contributed by atoms with Gasteiger partial charge in [0.2, 0.25) is 11.8 Å². The average Bonchev–Trinajstić information content (AvgIpc) is 3.03. The SMILES string of the molecule is C=CCN(CC(=O)N(Cc1cccn1C)CC(C)C)C(=O)CCC(=O)OCC. The van der Waals surface area contributed by atoms with Gasteiger partial charge in [-0.2, -0.15) is 0 Å². The highest BCUT2D eigenvalue weighted by molar-refractivity contribution is 5.86. The summed E-state index contributed by atoms with van der Waals surface area (Å²) in [7, 11) is 1.94. The molecule has 7 heteroatoms. The predicted octanol–water partition coefficient (Wildman–Crippen LogP) is 2.37. The van der Waals surface area contributed by atoms with Crippen molar-refractivity contribution in [2.45, 2.75) is 40.2 Å². The minimum absolute atomic E-state index is 0.00751. The van der Waals surface area contributed by atoms with Crippen LogP contribution in [-0.2, 0) is 32.7 Å². The molecule has 1 heterocycles. The molecule has 0 bridgehead atoms. The third kappa shape index (κ3) is 7.98. The molecule has 0 aliphatic rings. The highest BCUT2D eigenvalue weighted by atomic mass is 16.5. The van der Waals surface area contributed by atoms with Crippen molar-refractivity contribution < 1.29 is 19.1 Å². The smallest absolute Gasteiger partial charge is 0.306 e. The van der Waals surface area contributed by atoms with Crippen LogP contribution in [0.15, 0.2) is 31.0 Å². The lowest BCUT2D eigenvalue weighted by Gasteiger charge is -2.28. The highest BCUT2D eigenvalue weighted by Crippen LogP contribution is 2.10. The Kier molecular flexibility index (Phi) is 10.1. The van der Waals surface area contributed by atoms with E-state index in [0.29, 0.717) is 19.0 Å². The molecule has 7 nitrogen and oxygen atoms in total. The first-order valence-electron chi connectivity index (χ1n) is 9.70. The van der Waals surface area contributed by atoms with Crippen LogP contribution in [0.1, 0.15) is 39.3 Å². The summed E-state index contributed by atoms with van der Waals surface area (Å²) >= 11 is 0. The summed E-state index contributed by atoms with van der Waals surface area (Å²) in [6, 6.07) is 3.92. The van der Waals surface area contributed by atoms with Gasteiger partial charge in [-0.25, -0.2) is 0 Å². The minimum atomic E-state index is -0.411. The van der Waals surface area contributed by atoms with E-state index in [1.807, 2.05) is 29.9 Å². The lowest BCUT2D eigenvalue weighted by Crippen LogP contribution is -2.44. The van der Waals surface area contributed by atoms with Crippen molar-refractivity contribution in [3.05, 3.63) is 36.7 Å². The van der Waals surface area contributed by atoms with Crippen LogP contribution in [0.2, 0.25) is 0 Å². The van der Waals surface area contributed by atoms with E-state index < -0.39 is 5.97 Å². The van der Waals surface area contributed by atoms with Crippen molar-refractivity contribution in [1.82, 2.24) is 14.4 Å². The van der Waals surface area contributed by atoms with Crippen LogP contribution in [0.5, 0.6) is 0 Å². The highest BCUT2D eigenvalue weighted by Gasteiger charge is 2.22. The molecule has 0 saturated carbocycles. The summed E-state index contributed by atoms with van der Waals surface area (Å²) in [6.07, 6.45) is 3.55. The fourth-order valence-electron chi connectivity index (χ4n) is 2.83. The zero-order valence-corrected chi connectivity index (χ0v) is 17.5. The third-order valence-electron chi connectivity index (χ3n) is 4.22. The van der Waals surface area contributed by atoms with E-state index in [-0.39, 0.29) is 44.4 Å². The van der Waals surface area contributed by atoms with Crippen LogP contribution >= 0.6 is 0 Å². The number of rotatable bonds is 12.